The standard InChI is InChI=1S/C6H13N3O3/c7-2-1-4(6(11)12)9-5(10)3-8/h4H,1-3,7-8H2,(H,9,10)(H,11,12). The van der Waals surface area contributed by atoms with E-state index in [0.717, 1.165) is 0 Å². The Kier molecular flexibility index (Phi) is 4.98. The van der Waals surface area contributed by atoms with Crippen LogP contribution in [0.3, 0.4) is 0 Å². The van der Waals surface area contributed by atoms with Gasteiger partial charge in [-0.3, -0.25) is 4.79 Å². The largest absolute Gasteiger partial charge is 0.480 e. The van der Waals surface area contributed by atoms with Crippen molar-refractivity contribution in [2.45, 2.75) is 12.5 Å². The Morgan fingerprint density at radius 2 is 2.00 bits per heavy atom. The zero-order chi connectivity index (χ0) is 9.56. The van der Waals surface area contributed by atoms with Crippen molar-refractivity contribution in [1.82, 2.24) is 5.32 Å². The summed E-state index contributed by atoms with van der Waals surface area (Å²) < 4.78 is 0. The van der Waals surface area contributed by atoms with E-state index in [1.54, 1.807) is 0 Å². The quantitative estimate of drug-likeness (QED) is 0.380. The van der Waals surface area contributed by atoms with Crippen LogP contribution in [0, 0.1) is 0 Å². The van der Waals surface area contributed by atoms with Gasteiger partial charge >= 0.3 is 5.97 Å². The van der Waals surface area contributed by atoms with E-state index in [1.807, 2.05) is 0 Å². The average molecular weight is 175 g/mol. The molecule has 0 aliphatic carbocycles. The fourth-order valence-electron chi connectivity index (χ4n) is 0.677. The molecule has 12 heavy (non-hydrogen) atoms. The maximum Gasteiger partial charge on any atom is 0.326 e. The summed E-state index contributed by atoms with van der Waals surface area (Å²) >= 11 is 0. The number of nitrogens with two attached hydrogens (primary N) is 2. The zero-order valence-corrected chi connectivity index (χ0v) is 6.62. The number of aliphatic carboxylic acids is 1. The highest BCUT2D eigenvalue weighted by Gasteiger charge is 2.17. The van der Waals surface area contributed by atoms with Gasteiger partial charge in [-0.2, -0.15) is 0 Å². The second-order valence-electron chi connectivity index (χ2n) is 2.24. The minimum atomic E-state index is -1.10. The lowest BCUT2D eigenvalue weighted by Crippen LogP contribution is -2.44. The van der Waals surface area contributed by atoms with E-state index in [4.69, 9.17) is 16.6 Å². The molecule has 6 heteroatoms. The molecule has 0 rings (SSSR count). The number of carbonyl (C=O) groups excluding carboxylic acids is 1. The summed E-state index contributed by atoms with van der Waals surface area (Å²) in [7, 11) is 0. The van der Waals surface area contributed by atoms with Gasteiger partial charge in [0.1, 0.15) is 6.04 Å². The molecule has 0 heterocycles. The molecule has 0 saturated carbocycles. The van der Waals surface area contributed by atoms with E-state index in [-0.39, 0.29) is 19.5 Å². The lowest BCUT2D eigenvalue weighted by atomic mass is 10.2. The Bertz CT molecular complexity index is 169. The third-order valence-corrected chi connectivity index (χ3v) is 1.27. The number of amides is 1. The predicted molar refractivity (Wildman–Crippen MR) is 42.3 cm³/mol. The lowest BCUT2D eigenvalue weighted by molar-refractivity contribution is -0.141. The van der Waals surface area contributed by atoms with Crippen LogP contribution in [0.1, 0.15) is 6.42 Å². The summed E-state index contributed by atoms with van der Waals surface area (Å²) in [6, 6.07) is -0.925. The Labute approximate surface area is 69.9 Å². The van der Waals surface area contributed by atoms with Crippen LogP contribution in [-0.4, -0.2) is 36.1 Å². The van der Waals surface area contributed by atoms with Gasteiger partial charge in [-0.15, -0.1) is 0 Å². The molecule has 0 radical (unpaired) electrons. The number of hydrogen-bond acceptors (Lipinski definition) is 4. The van der Waals surface area contributed by atoms with Crippen molar-refractivity contribution in [2.24, 2.45) is 11.5 Å². The molecule has 6 N–H and O–H groups in total. The third kappa shape index (κ3) is 3.89. The summed E-state index contributed by atoms with van der Waals surface area (Å²) in [5, 5.41) is 10.8. The van der Waals surface area contributed by atoms with Gasteiger partial charge in [-0.1, -0.05) is 0 Å². The first-order valence-corrected chi connectivity index (χ1v) is 3.54. The SMILES string of the molecule is NCCC(NC(=O)CN)C(=O)O. The van der Waals surface area contributed by atoms with Crippen LogP contribution in [0.4, 0.5) is 0 Å². The molecule has 70 valence electrons. The summed E-state index contributed by atoms with van der Waals surface area (Å²) in [6.45, 7) is -0.00380. The van der Waals surface area contributed by atoms with E-state index >= 15 is 0 Å². The van der Waals surface area contributed by atoms with E-state index in [9.17, 15) is 9.59 Å². The lowest BCUT2D eigenvalue weighted by Gasteiger charge is -2.11. The normalized spacial score (nSPS) is 12.2. The van der Waals surface area contributed by atoms with Crippen molar-refractivity contribution in [3.05, 3.63) is 0 Å². The topological polar surface area (TPSA) is 118 Å². The Balaban J connectivity index is 3.95. The fourth-order valence-corrected chi connectivity index (χ4v) is 0.677. The molecule has 0 aliphatic rings. The predicted octanol–water partition coefficient (Wildman–Crippen LogP) is -2.14. The Morgan fingerprint density at radius 1 is 1.42 bits per heavy atom. The van der Waals surface area contributed by atoms with Crippen molar-refractivity contribution in [1.29, 1.82) is 0 Å². The number of carboxylic acid groups (broad SMARTS) is 1. The molecule has 0 aromatic rings. The number of rotatable bonds is 5. The first kappa shape index (κ1) is 10.9. The molecule has 1 unspecified atom stereocenters. The molecule has 0 saturated heterocycles. The molecule has 0 fully saturated rings. The van der Waals surface area contributed by atoms with Gasteiger partial charge in [0.05, 0.1) is 6.54 Å². The van der Waals surface area contributed by atoms with Crippen LogP contribution >= 0.6 is 0 Å². The van der Waals surface area contributed by atoms with Gasteiger partial charge in [0, 0.05) is 0 Å². The zero-order valence-electron chi connectivity index (χ0n) is 6.62. The van der Waals surface area contributed by atoms with Gasteiger partial charge in [0.15, 0.2) is 0 Å². The Hall–Kier alpha value is -1.14. The first-order valence-electron chi connectivity index (χ1n) is 3.54. The molecule has 1 atom stereocenters. The molecule has 6 nitrogen and oxygen atoms in total. The smallest absolute Gasteiger partial charge is 0.326 e. The van der Waals surface area contributed by atoms with Gasteiger partial charge in [-0.05, 0) is 13.0 Å². The minimum absolute atomic E-state index is 0.209. The molecule has 0 spiro atoms. The van der Waals surface area contributed by atoms with Crippen molar-refractivity contribution < 1.29 is 14.7 Å². The van der Waals surface area contributed by atoms with Crippen molar-refractivity contribution >= 4 is 11.9 Å². The van der Waals surface area contributed by atoms with Gasteiger partial charge in [-0.25, -0.2) is 4.79 Å². The van der Waals surface area contributed by atoms with Crippen LogP contribution in [0.5, 0.6) is 0 Å². The molecular weight excluding hydrogens is 162 g/mol. The molecule has 0 bridgehead atoms. The monoisotopic (exact) mass is 175 g/mol. The average Bonchev–Trinajstić information content (AvgIpc) is 2.03. The highest BCUT2D eigenvalue weighted by Crippen LogP contribution is 1.89. The van der Waals surface area contributed by atoms with Crippen LogP contribution in [0.25, 0.3) is 0 Å². The van der Waals surface area contributed by atoms with E-state index in [1.165, 1.54) is 0 Å². The van der Waals surface area contributed by atoms with Crippen LogP contribution in [0.15, 0.2) is 0 Å². The first-order chi connectivity index (χ1) is 5.61. The molecule has 1 amide bonds. The van der Waals surface area contributed by atoms with Crippen LogP contribution < -0.4 is 16.8 Å². The number of carboxylic acids is 1. The highest BCUT2D eigenvalue weighted by molar-refractivity contribution is 5.84. The molecule has 0 aromatic carbocycles. The van der Waals surface area contributed by atoms with Crippen LogP contribution in [-0.2, 0) is 9.59 Å². The molecule has 0 aliphatic heterocycles. The maximum atomic E-state index is 10.7. The van der Waals surface area contributed by atoms with E-state index < -0.39 is 17.9 Å². The van der Waals surface area contributed by atoms with E-state index in [2.05, 4.69) is 5.32 Å². The van der Waals surface area contributed by atoms with Crippen molar-refractivity contribution in [2.75, 3.05) is 13.1 Å². The van der Waals surface area contributed by atoms with Crippen molar-refractivity contribution in [3.63, 3.8) is 0 Å². The van der Waals surface area contributed by atoms with Crippen molar-refractivity contribution in [3.8, 4) is 0 Å². The number of hydrogen-bond donors (Lipinski definition) is 4. The molecule has 0 aromatic heterocycles. The van der Waals surface area contributed by atoms with Gasteiger partial charge in [0.2, 0.25) is 5.91 Å². The summed E-state index contributed by atoms with van der Waals surface area (Å²) in [5.74, 6) is -1.59. The Morgan fingerprint density at radius 3 is 2.33 bits per heavy atom. The van der Waals surface area contributed by atoms with Gasteiger partial charge < -0.3 is 21.9 Å². The maximum absolute atomic E-state index is 10.7. The van der Waals surface area contributed by atoms with E-state index in [0.29, 0.717) is 0 Å². The fraction of sp³-hybridized carbons (Fsp3) is 0.667. The second kappa shape index (κ2) is 5.50. The van der Waals surface area contributed by atoms with Crippen LogP contribution in [0.2, 0.25) is 0 Å². The number of carbonyl (C=O) groups is 2. The number of nitrogens with one attached hydrogen (secondary N) is 1. The summed E-state index contributed by atoms with van der Waals surface area (Å²) in [4.78, 5) is 21.1. The summed E-state index contributed by atoms with van der Waals surface area (Å²) in [6.07, 6.45) is 0.209. The molecular formula is C6H13N3O3. The van der Waals surface area contributed by atoms with Gasteiger partial charge in [0.25, 0.3) is 0 Å². The minimum Gasteiger partial charge on any atom is -0.480 e. The highest BCUT2D eigenvalue weighted by atomic mass is 16.4. The second-order valence-corrected chi connectivity index (χ2v) is 2.24. The summed E-state index contributed by atoms with van der Waals surface area (Å²) in [5.41, 5.74) is 10.1. The third-order valence-electron chi connectivity index (χ3n) is 1.27.